The molecule has 0 amide bonds. The summed E-state index contributed by atoms with van der Waals surface area (Å²) >= 11 is 0. The Hall–Kier alpha value is -1.38. The van der Waals surface area contributed by atoms with E-state index < -0.39 is 0 Å². The number of hydrogen-bond donors (Lipinski definition) is 1. The summed E-state index contributed by atoms with van der Waals surface area (Å²) in [6.45, 7) is 2.77. The molecule has 0 saturated carbocycles. The van der Waals surface area contributed by atoms with E-state index in [1.807, 2.05) is 0 Å². The van der Waals surface area contributed by atoms with E-state index in [1.165, 1.54) is 16.3 Å². The number of aliphatic hydroxyl groups excluding tert-OH is 1. The summed E-state index contributed by atoms with van der Waals surface area (Å²) in [5, 5.41) is 12.1. The summed E-state index contributed by atoms with van der Waals surface area (Å²) in [6, 6.07) is 15.0. The number of rotatable bonds is 2. The van der Waals surface area contributed by atoms with Gasteiger partial charge in [-0.05, 0) is 28.8 Å². The first-order valence-corrected chi connectivity index (χ1v) is 6.19. The number of aliphatic hydroxyl groups is 1. The van der Waals surface area contributed by atoms with Gasteiger partial charge in [-0.2, -0.15) is 0 Å². The van der Waals surface area contributed by atoms with Crippen molar-refractivity contribution in [3.05, 3.63) is 48.0 Å². The van der Waals surface area contributed by atoms with Crippen LogP contribution in [-0.4, -0.2) is 29.2 Å². The fourth-order valence-corrected chi connectivity index (χ4v) is 2.55. The van der Waals surface area contributed by atoms with Crippen molar-refractivity contribution in [3.8, 4) is 0 Å². The van der Waals surface area contributed by atoms with Gasteiger partial charge >= 0.3 is 0 Å². The monoisotopic (exact) mass is 227 g/mol. The first-order valence-electron chi connectivity index (χ1n) is 6.19. The lowest BCUT2D eigenvalue weighted by atomic mass is 10.1. The molecule has 1 aliphatic rings. The molecule has 1 saturated heterocycles. The van der Waals surface area contributed by atoms with Crippen LogP contribution in [0.15, 0.2) is 42.5 Å². The fraction of sp³-hybridized carbons (Fsp3) is 0.333. The highest BCUT2D eigenvalue weighted by molar-refractivity contribution is 5.82. The van der Waals surface area contributed by atoms with E-state index in [-0.39, 0.29) is 6.10 Å². The molecular formula is C15H17NO. The zero-order chi connectivity index (χ0) is 11.7. The SMILES string of the molecule is OC1CCN(Cc2ccc3ccccc3c2)C1. The molecule has 0 bridgehead atoms. The molecule has 1 heterocycles. The Bertz CT molecular complexity index is 523. The van der Waals surface area contributed by atoms with Gasteiger partial charge in [0.2, 0.25) is 0 Å². The molecule has 2 nitrogen and oxygen atoms in total. The standard InChI is InChI=1S/C15H17NO/c17-15-7-8-16(11-15)10-12-5-6-13-3-1-2-4-14(13)9-12/h1-6,9,15,17H,7-8,10-11H2. The molecule has 2 heteroatoms. The Morgan fingerprint density at radius 2 is 1.94 bits per heavy atom. The second-order valence-electron chi connectivity index (χ2n) is 4.86. The van der Waals surface area contributed by atoms with Crippen LogP contribution in [0.5, 0.6) is 0 Å². The van der Waals surface area contributed by atoms with Gasteiger partial charge in [-0.25, -0.2) is 0 Å². The lowest BCUT2D eigenvalue weighted by Gasteiger charge is -2.15. The Balaban J connectivity index is 1.81. The largest absolute Gasteiger partial charge is 0.392 e. The molecule has 1 N–H and O–H groups in total. The van der Waals surface area contributed by atoms with Crippen LogP contribution in [-0.2, 0) is 6.54 Å². The molecule has 88 valence electrons. The van der Waals surface area contributed by atoms with Crippen LogP contribution in [0.1, 0.15) is 12.0 Å². The van der Waals surface area contributed by atoms with Crippen molar-refractivity contribution < 1.29 is 5.11 Å². The predicted octanol–water partition coefficient (Wildman–Crippen LogP) is 2.41. The lowest BCUT2D eigenvalue weighted by Crippen LogP contribution is -2.21. The Morgan fingerprint density at radius 3 is 2.71 bits per heavy atom. The zero-order valence-corrected chi connectivity index (χ0v) is 9.84. The summed E-state index contributed by atoms with van der Waals surface area (Å²) in [7, 11) is 0. The van der Waals surface area contributed by atoms with Crippen LogP contribution < -0.4 is 0 Å². The summed E-state index contributed by atoms with van der Waals surface area (Å²) < 4.78 is 0. The molecule has 1 fully saturated rings. The predicted molar refractivity (Wildman–Crippen MR) is 69.8 cm³/mol. The smallest absolute Gasteiger partial charge is 0.0679 e. The zero-order valence-electron chi connectivity index (χ0n) is 9.84. The first-order chi connectivity index (χ1) is 8.31. The highest BCUT2D eigenvalue weighted by Gasteiger charge is 2.19. The van der Waals surface area contributed by atoms with Gasteiger partial charge in [0, 0.05) is 19.6 Å². The molecular weight excluding hydrogens is 210 g/mol. The number of nitrogens with zero attached hydrogens (tertiary/aromatic N) is 1. The van der Waals surface area contributed by atoms with Crippen molar-refractivity contribution >= 4 is 10.8 Å². The van der Waals surface area contributed by atoms with Gasteiger partial charge in [0.1, 0.15) is 0 Å². The summed E-state index contributed by atoms with van der Waals surface area (Å²) in [6.07, 6.45) is 0.781. The maximum Gasteiger partial charge on any atom is 0.0679 e. The topological polar surface area (TPSA) is 23.5 Å². The number of β-amino-alcohol motifs (C(OH)–C–C–N with tert-alkyl or cyclic N) is 1. The minimum Gasteiger partial charge on any atom is -0.392 e. The Kier molecular flexibility index (Phi) is 2.83. The van der Waals surface area contributed by atoms with E-state index in [9.17, 15) is 5.11 Å². The van der Waals surface area contributed by atoms with Gasteiger partial charge in [-0.1, -0.05) is 36.4 Å². The molecule has 0 radical (unpaired) electrons. The van der Waals surface area contributed by atoms with Gasteiger partial charge in [-0.3, -0.25) is 4.90 Å². The van der Waals surface area contributed by atoms with Gasteiger partial charge in [0.25, 0.3) is 0 Å². The summed E-state index contributed by atoms with van der Waals surface area (Å²) in [4.78, 5) is 2.31. The van der Waals surface area contributed by atoms with Crippen molar-refractivity contribution in [1.82, 2.24) is 4.90 Å². The first kappa shape index (κ1) is 10.8. The molecule has 2 aromatic carbocycles. The highest BCUT2D eigenvalue weighted by Crippen LogP contribution is 2.18. The maximum absolute atomic E-state index is 9.51. The number of hydrogen-bond acceptors (Lipinski definition) is 2. The van der Waals surface area contributed by atoms with Crippen LogP contribution in [0.3, 0.4) is 0 Å². The molecule has 1 unspecified atom stereocenters. The average Bonchev–Trinajstić information content (AvgIpc) is 2.75. The fourth-order valence-electron chi connectivity index (χ4n) is 2.55. The van der Waals surface area contributed by atoms with Gasteiger partial charge < -0.3 is 5.11 Å². The van der Waals surface area contributed by atoms with Crippen molar-refractivity contribution in [3.63, 3.8) is 0 Å². The molecule has 0 aliphatic carbocycles. The van der Waals surface area contributed by atoms with Gasteiger partial charge in [-0.15, -0.1) is 0 Å². The quantitative estimate of drug-likeness (QED) is 0.851. The second kappa shape index (κ2) is 4.47. The van der Waals surface area contributed by atoms with Gasteiger partial charge in [0.15, 0.2) is 0 Å². The third kappa shape index (κ3) is 2.33. The van der Waals surface area contributed by atoms with Crippen molar-refractivity contribution in [2.75, 3.05) is 13.1 Å². The van der Waals surface area contributed by atoms with Crippen LogP contribution >= 0.6 is 0 Å². The average molecular weight is 227 g/mol. The number of benzene rings is 2. The number of likely N-dealkylation sites (tertiary alicyclic amines) is 1. The summed E-state index contributed by atoms with van der Waals surface area (Å²) in [5.41, 5.74) is 1.33. The number of fused-ring (bicyclic) bond motifs is 1. The minimum absolute atomic E-state index is 0.129. The Morgan fingerprint density at radius 1 is 1.12 bits per heavy atom. The lowest BCUT2D eigenvalue weighted by molar-refractivity contribution is 0.175. The third-order valence-corrected chi connectivity index (χ3v) is 3.47. The van der Waals surface area contributed by atoms with Crippen LogP contribution in [0.2, 0.25) is 0 Å². The Labute approximate surface area is 101 Å². The minimum atomic E-state index is -0.129. The molecule has 0 aromatic heterocycles. The van der Waals surface area contributed by atoms with E-state index in [4.69, 9.17) is 0 Å². The van der Waals surface area contributed by atoms with E-state index in [0.29, 0.717) is 0 Å². The normalized spacial score (nSPS) is 21.1. The van der Waals surface area contributed by atoms with Crippen LogP contribution in [0, 0.1) is 0 Å². The van der Waals surface area contributed by atoms with Crippen LogP contribution in [0.4, 0.5) is 0 Å². The van der Waals surface area contributed by atoms with E-state index >= 15 is 0 Å². The molecule has 3 rings (SSSR count). The summed E-state index contributed by atoms with van der Waals surface area (Å²) in [5.74, 6) is 0. The van der Waals surface area contributed by atoms with E-state index in [2.05, 4.69) is 47.4 Å². The van der Waals surface area contributed by atoms with Crippen molar-refractivity contribution in [2.45, 2.75) is 19.1 Å². The molecule has 1 aliphatic heterocycles. The highest BCUT2D eigenvalue weighted by atomic mass is 16.3. The third-order valence-electron chi connectivity index (χ3n) is 3.47. The van der Waals surface area contributed by atoms with E-state index in [0.717, 1.165) is 26.1 Å². The molecule has 0 spiro atoms. The molecule has 2 aromatic rings. The van der Waals surface area contributed by atoms with E-state index in [1.54, 1.807) is 0 Å². The van der Waals surface area contributed by atoms with Crippen molar-refractivity contribution in [2.24, 2.45) is 0 Å². The molecule has 1 atom stereocenters. The molecule has 17 heavy (non-hydrogen) atoms. The maximum atomic E-state index is 9.51. The van der Waals surface area contributed by atoms with Crippen molar-refractivity contribution in [1.29, 1.82) is 0 Å². The second-order valence-corrected chi connectivity index (χ2v) is 4.86. The van der Waals surface area contributed by atoms with Gasteiger partial charge in [0.05, 0.1) is 6.10 Å². The van der Waals surface area contributed by atoms with Crippen LogP contribution in [0.25, 0.3) is 10.8 Å².